The second kappa shape index (κ2) is 8.41. The number of rotatable bonds is 8. The molecule has 1 heterocycles. The van der Waals surface area contributed by atoms with E-state index in [1.54, 1.807) is 12.1 Å². The number of ether oxygens (including phenoxy) is 1. The molecule has 0 spiro atoms. The maximum Gasteiger partial charge on any atom is 0.387 e. The Balaban J connectivity index is 1.11. The van der Waals surface area contributed by atoms with Gasteiger partial charge in [-0.3, -0.25) is 4.79 Å². The topological polar surface area (TPSA) is 77.2 Å². The standard InChI is InChI=1S/C22H25F2N3O3S/c23-20(24)29-17-3-1-16(2-4-17)19-26-27-21(30-19)31-11-18(28)25-12-22-8-13-5-14(9-22)7-15(6-13)10-22/h1-4,13-15,20H,5-12H2,(H,25,28). The Bertz CT molecular complexity index is 899. The predicted molar refractivity (Wildman–Crippen MR) is 111 cm³/mol. The van der Waals surface area contributed by atoms with Gasteiger partial charge < -0.3 is 14.5 Å². The average Bonchev–Trinajstić information content (AvgIpc) is 3.19. The van der Waals surface area contributed by atoms with Gasteiger partial charge in [-0.05, 0) is 86.0 Å². The van der Waals surface area contributed by atoms with Crippen LogP contribution in [0.2, 0.25) is 0 Å². The third-order valence-electron chi connectivity index (χ3n) is 6.89. The van der Waals surface area contributed by atoms with Crippen LogP contribution < -0.4 is 10.1 Å². The Labute approximate surface area is 183 Å². The van der Waals surface area contributed by atoms with Crippen molar-refractivity contribution in [3.8, 4) is 17.2 Å². The van der Waals surface area contributed by atoms with Crippen molar-refractivity contribution in [2.45, 2.75) is 50.4 Å². The lowest BCUT2D eigenvalue weighted by molar-refractivity contribution is -0.120. The number of thioether (sulfide) groups is 1. The summed E-state index contributed by atoms with van der Waals surface area (Å²) < 4.78 is 34.4. The van der Waals surface area contributed by atoms with Gasteiger partial charge in [0.2, 0.25) is 11.8 Å². The summed E-state index contributed by atoms with van der Waals surface area (Å²) in [6.07, 6.45) is 7.97. The molecule has 1 N–H and O–H groups in total. The number of benzene rings is 1. The molecule has 4 aliphatic carbocycles. The van der Waals surface area contributed by atoms with Crippen LogP contribution in [0.4, 0.5) is 8.78 Å². The van der Waals surface area contributed by atoms with Crippen molar-refractivity contribution in [2.24, 2.45) is 23.2 Å². The summed E-state index contributed by atoms with van der Waals surface area (Å²) in [6.45, 7) is -2.09. The second-order valence-electron chi connectivity index (χ2n) is 9.26. The zero-order valence-corrected chi connectivity index (χ0v) is 17.9. The van der Waals surface area contributed by atoms with Crippen LogP contribution in [-0.2, 0) is 4.79 Å². The Hall–Kier alpha value is -2.16. The van der Waals surface area contributed by atoms with Crippen LogP contribution in [0.15, 0.2) is 33.9 Å². The molecule has 1 aromatic carbocycles. The number of halogens is 2. The summed E-state index contributed by atoms with van der Waals surface area (Å²) in [5, 5.41) is 11.4. The third kappa shape index (κ3) is 4.71. The maximum atomic E-state index is 12.4. The van der Waals surface area contributed by atoms with E-state index in [1.807, 2.05) is 0 Å². The summed E-state index contributed by atoms with van der Waals surface area (Å²) >= 11 is 1.20. The number of carbonyl (C=O) groups is 1. The molecule has 9 heteroatoms. The number of amides is 1. The molecule has 0 unspecified atom stereocenters. The van der Waals surface area contributed by atoms with E-state index in [1.165, 1.54) is 62.4 Å². The number of nitrogens with zero attached hydrogens (tertiary/aromatic N) is 2. The summed E-state index contributed by atoms with van der Waals surface area (Å²) in [4.78, 5) is 12.4. The van der Waals surface area contributed by atoms with Crippen LogP contribution in [0.3, 0.4) is 0 Å². The molecule has 0 atom stereocenters. The van der Waals surface area contributed by atoms with E-state index in [-0.39, 0.29) is 23.3 Å². The fourth-order valence-corrected chi connectivity index (χ4v) is 6.73. The number of hydrogen-bond donors (Lipinski definition) is 1. The number of nitrogens with one attached hydrogen (secondary N) is 1. The highest BCUT2D eigenvalue weighted by atomic mass is 32.2. The van der Waals surface area contributed by atoms with E-state index in [0.29, 0.717) is 16.2 Å². The monoisotopic (exact) mass is 449 g/mol. The largest absolute Gasteiger partial charge is 0.435 e. The highest BCUT2D eigenvalue weighted by Gasteiger charge is 2.50. The van der Waals surface area contributed by atoms with Crippen molar-refractivity contribution < 1.29 is 22.7 Å². The first kappa shape index (κ1) is 20.7. The van der Waals surface area contributed by atoms with E-state index in [9.17, 15) is 13.6 Å². The summed E-state index contributed by atoms with van der Waals surface area (Å²) in [6, 6.07) is 5.96. The highest BCUT2D eigenvalue weighted by molar-refractivity contribution is 7.99. The van der Waals surface area contributed by atoms with Crippen LogP contribution in [0.5, 0.6) is 5.75 Å². The van der Waals surface area contributed by atoms with E-state index < -0.39 is 6.61 Å². The molecule has 1 aromatic heterocycles. The minimum atomic E-state index is -2.87. The molecule has 0 saturated heterocycles. The minimum absolute atomic E-state index is 0.0194. The summed E-state index contributed by atoms with van der Waals surface area (Å²) in [5.74, 6) is 3.12. The molecule has 0 aliphatic heterocycles. The number of carbonyl (C=O) groups excluding carboxylic acids is 1. The van der Waals surface area contributed by atoms with Crippen molar-refractivity contribution in [2.75, 3.05) is 12.3 Å². The molecule has 31 heavy (non-hydrogen) atoms. The predicted octanol–water partition coefficient (Wildman–Crippen LogP) is 4.76. The highest BCUT2D eigenvalue weighted by Crippen LogP contribution is 2.59. The van der Waals surface area contributed by atoms with Crippen LogP contribution in [0, 0.1) is 23.2 Å². The third-order valence-corrected chi connectivity index (χ3v) is 7.70. The fraction of sp³-hybridized carbons (Fsp3) is 0.591. The molecule has 4 aliphatic rings. The molecule has 166 valence electrons. The lowest BCUT2D eigenvalue weighted by Gasteiger charge is -2.56. The van der Waals surface area contributed by atoms with Crippen molar-refractivity contribution in [1.82, 2.24) is 15.5 Å². The van der Waals surface area contributed by atoms with Gasteiger partial charge >= 0.3 is 6.61 Å². The maximum absolute atomic E-state index is 12.4. The van der Waals surface area contributed by atoms with Gasteiger partial charge in [-0.2, -0.15) is 8.78 Å². The van der Waals surface area contributed by atoms with E-state index in [2.05, 4.69) is 20.3 Å². The molecule has 6 nitrogen and oxygen atoms in total. The van der Waals surface area contributed by atoms with E-state index >= 15 is 0 Å². The smallest absolute Gasteiger partial charge is 0.387 e. The van der Waals surface area contributed by atoms with Gasteiger partial charge in [-0.25, -0.2) is 0 Å². The summed E-state index contributed by atoms with van der Waals surface area (Å²) in [5.41, 5.74) is 0.902. The van der Waals surface area contributed by atoms with E-state index in [0.717, 1.165) is 24.3 Å². The number of alkyl halides is 2. The lowest BCUT2D eigenvalue weighted by atomic mass is 9.49. The van der Waals surface area contributed by atoms with Crippen LogP contribution >= 0.6 is 11.8 Å². The van der Waals surface area contributed by atoms with Crippen LogP contribution in [-0.4, -0.2) is 35.0 Å². The van der Waals surface area contributed by atoms with Gasteiger partial charge in [-0.15, -0.1) is 10.2 Å². The van der Waals surface area contributed by atoms with Crippen LogP contribution in [0.1, 0.15) is 38.5 Å². The first-order valence-electron chi connectivity index (χ1n) is 10.7. The van der Waals surface area contributed by atoms with Gasteiger partial charge in [0.15, 0.2) is 0 Å². The number of hydrogen-bond acceptors (Lipinski definition) is 6. The Morgan fingerprint density at radius 2 is 1.77 bits per heavy atom. The van der Waals surface area contributed by atoms with Gasteiger partial charge in [0, 0.05) is 12.1 Å². The molecular weight excluding hydrogens is 424 g/mol. The Morgan fingerprint density at radius 3 is 2.39 bits per heavy atom. The Kier molecular flexibility index (Phi) is 5.62. The molecule has 0 radical (unpaired) electrons. The van der Waals surface area contributed by atoms with Crippen molar-refractivity contribution in [1.29, 1.82) is 0 Å². The fourth-order valence-electron chi connectivity index (χ4n) is 6.13. The van der Waals surface area contributed by atoms with Gasteiger partial charge in [0.1, 0.15) is 5.75 Å². The second-order valence-corrected chi connectivity index (χ2v) is 10.2. The normalized spacial score (nSPS) is 28.8. The number of aromatic nitrogens is 2. The minimum Gasteiger partial charge on any atom is -0.435 e. The Morgan fingerprint density at radius 1 is 1.13 bits per heavy atom. The molecule has 4 bridgehead atoms. The van der Waals surface area contributed by atoms with Gasteiger partial charge in [-0.1, -0.05) is 11.8 Å². The van der Waals surface area contributed by atoms with Crippen molar-refractivity contribution in [3.63, 3.8) is 0 Å². The van der Waals surface area contributed by atoms with Crippen molar-refractivity contribution in [3.05, 3.63) is 24.3 Å². The van der Waals surface area contributed by atoms with Crippen molar-refractivity contribution >= 4 is 17.7 Å². The van der Waals surface area contributed by atoms with Gasteiger partial charge in [0.25, 0.3) is 5.22 Å². The van der Waals surface area contributed by atoms with Gasteiger partial charge in [0.05, 0.1) is 5.75 Å². The molecule has 6 rings (SSSR count). The lowest BCUT2D eigenvalue weighted by Crippen LogP contribution is -2.51. The van der Waals surface area contributed by atoms with E-state index in [4.69, 9.17) is 4.42 Å². The first-order valence-corrected chi connectivity index (χ1v) is 11.7. The molecule has 2 aromatic rings. The first-order chi connectivity index (χ1) is 15.0. The zero-order chi connectivity index (χ0) is 21.4. The molecule has 4 saturated carbocycles. The molecule has 1 amide bonds. The zero-order valence-electron chi connectivity index (χ0n) is 17.1. The quantitative estimate of drug-likeness (QED) is 0.586. The summed E-state index contributed by atoms with van der Waals surface area (Å²) in [7, 11) is 0. The SMILES string of the molecule is O=C(CSc1nnc(-c2ccc(OC(F)F)cc2)o1)NCC12CC3CC(CC(C3)C1)C2. The average molecular weight is 450 g/mol. The molecule has 4 fully saturated rings. The van der Waals surface area contributed by atoms with Crippen LogP contribution in [0.25, 0.3) is 11.5 Å². The molecular formula is C22H25F2N3O3S.